The summed E-state index contributed by atoms with van der Waals surface area (Å²) in [6.45, 7) is 0.913. The van der Waals surface area contributed by atoms with Gasteiger partial charge in [0.15, 0.2) is 0 Å². The zero-order valence-corrected chi connectivity index (χ0v) is 19.0. The average Bonchev–Trinajstić information content (AvgIpc) is 3.34. The van der Waals surface area contributed by atoms with E-state index in [1.165, 1.54) is 5.56 Å². The molecule has 1 saturated carbocycles. The molecule has 4 aromatic rings. The van der Waals surface area contributed by atoms with Gasteiger partial charge in [0, 0.05) is 29.1 Å². The fourth-order valence-electron chi connectivity index (χ4n) is 5.31. The molecule has 2 aliphatic rings. The van der Waals surface area contributed by atoms with Crippen LogP contribution in [0.15, 0.2) is 60.7 Å². The Balaban J connectivity index is 1.32. The Hall–Kier alpha value is -3.64. The first kappa shape index (κ1) is 20.0. The highest BCUT2D eigenvalue weighted by Crippen LogP contribution is 2.65. The quantitative estimate of drug-likeness (QED) is 0.475. The number of carbonyl (C=O) groups is 1. The molecule has 2 atom stereocenters. The number of nitrogens with zero attached hydrogens (tertiary/aromatic N) is 2. The number of anilines is 1. The second-order valence-corrected chi connectivity index (χ2v) is 9.41. The van der Waals surface area contributed by atoms with Crippen LogP contribution in [0.3, 0.4) is 0 Å². The molecule has 1 aromatic heterocycles. The Bertz CT molecular complexity index is 1390. The average molecular weight is 439 g/mol. The molecule has 6 rings (SSSR count). The molecule has 2 N–H and O–H groups in total. The van der Waals surface area contributed by atoms with E-state index in [0.29, 0.717) is 0 Å². The standard InChI is InChI=1S/C27H26N4O2/c1-31(2)15-16-4-6-17(7-5-16)25-20-10-8-18(12-24(20)29-30-25)22-14-27(22)21-13-19(33-3)9-11-23(21)28-26(27)32/h4-13,22H,14-15H2,1-3H3,(H,28,32)(H,29,30)/t22?,27-/m0/s1. The molecule has 6 heteroatoms. The molecule has 1 spiro atoms. The lowest BCUT2D eigenvalue weighted by atomic mass is 9.91. The van der Waals surface area contributed by atoms with E-state index in [4.69, 9.17) is 4.74 Å². The normalized spacial score (nSPS) is 21.0. The summed E-state index contributed by atoms with van der Waals surface area (Å²) in [5.74, 6) is 1.01. The number of hydrogen-bond donors (Lipinski definition) is 2. The van der Waals surface area contributed by atoms with Gasteiger partial charge < -0.3 is 15.0 Å². The van der Waals surface area contributed by atoms with Crippen molar-refractivity contribution in [1.82, 2.24) is 15.1 Å². The largest absolute Gasteiger partial charge is 0.497 e. The minimum atomic E-state index is -0.497. The lowest BCUT2D eigenvalue weighted by Crippen LogP contribution is -2.21. The van der Waals surface area contributed by atoms with E-state index in [1.54, 1.807) is 7.11 Å². The summed E-state index contributed by atoms with van der Waals surface area (Å²) in [7, 11) is 5.80. The fraction of sp³-hybridized carbons (Fsp3) is 0.259. The van der Waals surface area contributed by atoms with Gasteiger partial charge in [0.1, 0.15) is 5.75 Å². The number of ether oxygens (including phenoxy) is 1. The monoisotopic (exact) mass is 438 g/mol. The van der Waals surface area contributed by atoms with Gasteiger partial charge in [-0.2, -0.15) is 5.10 Å². The molecule has 0 radical (unpaired) electrons. The number of rotatable bonds is 5. The summed E-state index contributed by atoms with van der Waals surface area (Å²) < 4.78 is 5.41. The molecule has 1 fully saturated rings. The minimum absolute atomic E-state index is 0.0824. The van der Waals surface area contributed by atoms with Crippen molar-refractivity contribution in [3.8, 4) is 17.0 Å². The lowest BCUT2D eigenvalue weighted by molar-refractivity contribution is -0.118. The smallest absolute Gasteiger partial charge is 0.235 e. The van der Waals surface area contributed by atoms with Crippen molar-refractivity contribution in [2.45, 2.75) is 24.3 Å². The summed E-state index contributed by atoms with van der Waals surface area (Å²) in [5, 5.41) is 12.0. The van der Waals surface area contributed by atoms with Crippen LogP contribution in [0.1, 0.15) is 29.0 Å². The maximum atomic E-state index is 13.0. The summed E-state index contributed by atoms with van der Waals surface area (Å²) in [6, 6.07) is 20.8. The van der Waals surface area contributed by atoms with Crippen molar-refractivity contribution in [3.63, 3.8) is 0 Å². The number of carbonyl (C=O) groups excluding carboxylic acids is 1. The maximum Gasteiger partial charge on any atom is 0.235 e. The Morgan fingerprint density at radius 2 is 1.91 bits per heavy atom. The van der Waals surface area contributed by atoms with Crippen molar-refractivity contribution < 1.29 is 9.53 Å². The molecular formula is C27H26N4O2. The molecule has 3 aromatic carbocycles. The van der Waals surface area contributed by atoms with Crippen molar-refractivity contribution in [3.05, 3.63) is 77.4 Å². The van der Waals surface area contributed by atoms with Crippen LogP contribution in [-0.2, 0) is 16.8 Å². The number of aromatic amines is 1. The van der Waals surface area contributed by atoms with Gasteiger partial charge in [-0.15, -0.1) is 0 Å². The topological polar surface area (TPSA) is 70.2 Å². The number of aromatic nitrogens is 2. The molecule has 166 valence electrons. The highest BCUT2D eigenvalue weighted by Gasteiger charge is 2.65. The molecule has 6 nitrogen and oxygen atoms in total. The fourth-order valence-corrected chi connectivity index (χ4v) is 5.31. The van der Waals surface area contributed by atoms with Gasteiger partial charge in [0.25, 0.3) is 0 Å². The molecule has 0 saturated heterocycles. The van der Waals surface area contributed by atoms with E-state index in [-0.39, 0.29) is 11.8 Å². The number of fused-ring (bicyclic) bond motifs is 3. The van der Waals surface area contributed by atoms with Gasteiger partial charge >= 0.3 is 0 Å². The Morgan fingerprint density at radius 3 is 2.67 bits per heavy atom. The van der Waals surface area contributed by atoms with Gasteiger partial charge in [0.2, 0.25) is 5.91 Å². The minimum Gasteiger partial charge on any atom is -0.497 e. The predicted octanol–water partition coefficient (Wildman–Crippen LogP) is 4.68. The van der Waals surface area contributed by atoms with Crippen LogP contribution in [0.2, 0.25) is 0 Å². The third kappa shape index (κ3) is 3.05. The van der Waals surface area contributed by atoms with Crippen LogP contribution in [0.5, 0.6) is 5.75 Å². The number of nitrogens with one attached hydrogen (secondary N) is 2. The number of benzene rings is 3. The SMILES string of the molecule is COc1ccc2c(c1)[C@]1(CC1c1ccc3c(-c4ccc(CN(C)C)cc4)n[nH]c3c1)C(=O)N2. The lowest BCUT2D eigenvalue weighted by Gasteiger charge is -2.10. The second-order valence-electron chi connectivity index (χ2n) is 9.41. The van der Waals surface area contributed by atoms with Crippen molar-refractivity contribution in [1.29, 1.82) is 0 Å². The van der Waals surface area contributed by atoms with E-state index in [9.17, 15) is 4.79 Å². The zero-order chi connectivity index (χ0) is 22.7. The molecule has 0 bridgehead atoms. The first-order valence-corrected chi connectivity index (χ1v) is 11.2. The maximum absolute atomic E-state index is 13.0. The van der Waals surface area contributed by atoms with Crippen LogP contribution in [0, 0.1) is 0 Å². The van der Waals surface area contributed by atoms with E-state index >= 15 is 0 Å². The van der Waals surface area contributed by atoms with Crippen molar-refractivity contribution >= 4 is 22.5 Å². The molecule has 2 heterocycles. The zero-order valence-electron chi connectivity index (χ0n) is 19.0. The van der Waals surface area contributed by atoms with Gasteiger partial charge in [-0.25, -0.2) is 0 Å². The van der Waals surface area contributed by atoms with Crippen molar-refractivity contribution in [2.24, 2.45) is 0 Å². The number of methoxy groups -OCH3 is 1. The first-order chi connectivity index (χ1) is 16.0. The number of H-pyrrole nitrogens is 1. The third-order valence-electron chi connectivity index (χ3n) is 7.04. The third-order valence-corrected chi connectivity index (χ3v) is 7.04. The summed E-state index contributed by atoms with van der Waals surface area (Å²) in [6.07, 6.45) is 0.804. The molecule has 1 unspecified atom stereocenters. The van der Waals surface area contributed by atoms with Crippen LogP contribution in [0.4, 0.5) is 5.69 Å². The Morgan fingerprint density at radius 1 is 1.09 bits per heavy atom. The van der Waals surface area contributed by atoms with E-state index < -0.39 is 5.41 Å². The second kappa shape index (κ2) is 7.18. The molecular weight excluding hydrogens is 412 g/mol. The van der Waals surface area contributed by atoms with Gasteiger partial charge in [-0.1, -0.05) is 36.4 Å². The molecule has 1 aliphatic heterocycles. The van der Waals surface area contributed by atoms with E-state index in [0.717, 1.165) is 57.7 Å². The highest BCUT2D eigenvalue weighted by atomic mass is 16.5. The van der Waals surface area contributed by atoms with Crippen molar-refractivity contribution in [2.75, 3.05) is 26.5 Å². The Labute approximate surface area is 192 Å². The predicted molar refractivity (Wildman–Crippen MR) is 130 cm³/mol. The molecule has 1 aliphatic carbocycles. The highest BCUT2D eigenvalue weighted by molar-refractivity contribution is 6.10. The van der Waals surface area contributed by atoms with Crippen LogP contribution >= 0.6 is 0 Å². The molecule has 1 amide bonds. The van der Waals surface area contributed by atoms with Gasteiger partial charge in [-0.3, -0.25) is 9.89 Å². The van der Waals surface area contributed by atoms with Crippen LogP contribution < -0.4 is 10.1 Å². The number of amides is 1. The summed E-state index contributed by atoms with van der Waals surface area (Å²) in [4.78, 5) is 15.1. The van der Waals surface area contributed by atoms with E-state index in [1.807, 2.05) is 18.2 Å². The van der Waals surface area contributed by atoms with E-state index in [2.05, 4.69) is 77.0 Å². The van der Waals surface area contributed by atoms with Crippen LogP contribution in [0.25, 0.3) is 22.2 Å². The molecule has 33 heavy (non-hydrogen) atoms. The first-order valence-electron chi connectivity index (χ1n) is 11.2. The van der Waals surface area contributed by atoms with Crippen LogP contribution in [-0.4, -0.2) is 42.2 Å². The van der Waals surface area contributed by atoms with Gasteiger partial charge in [-0.05, 0) is 61.5 Å². The summed E-state index contributed by atoms with van der Waals surface area (Å²) >= 11 is 0. The summed E-state index contributed by atoms with van der Waals surface area (Å²) in [5.41, 5.74) is 6.91. The van der Waals surface area contributed by atoms with Gasteiger partial charge in [0.05, 0.1) is 23.7 Å². The number of hydrogen-bond acceptors (Lipinski definition) is 4. The Kier molecular flexibility index (Phi) is 4.35.